The van der Waals surface area contributed by atoms with Crippen LogP contribution in [0.15, 0.2) is 59.3 Å². The van der Waals surface area contributed by atoms with Crippen LogP contribution in [-0.2, 0) is 16.8 Å². The second-order valence-corrected chi connectivity index (χ2v) is 9.95. The van der Waals surface area contributed by atoms with Gasteiger partial charge in [0, 0.05) is 34.8 Å². The fourth-order valence-corrected chi connectivity index (χ4v) is 3.97. The van der Waals surface area contributed by atoms with Gasteiger partial charge in [0.2, 0.25) is 0 Å². The SMILES string of the molecule is C#CC(=O)Nc1ccccc1-c1nc2nccc(-c3ccc(CNC(=O)c4nc(C(C)(C)C)no4)c(F)c3)c2[nH]1. The Morgan fingerprint density at radius 1 is 1.10 bits per heavy atom. The molecule has 0 spiro atoms. The normalized spacial score (nSPS) is 11.3. The molecule has 0 radical (unpaired) electrons. The Morgan fingerprint density at radius 2 is 1.90 bits per heavy atom. The predicted octanol–water partition coefficient (Wildman–Crippen LogP) is 4.61. The fraction of sp³-hybridized carbons (Fsp3) is 0.172. The van der Waals surface area contributed by atoms with E-state index in [1.807, 2.05) is 26.7 Å². The summed E-state index contributed by atoms with van der Waals surface area (Å²) >= 11 is 0. The molecular weight excluding hydrogens is 513 g/mol. The number of imidazole rings is 1. The second kappa shape index (κ2) is 10.4. The molecule has 2 amide bonds. The summed E-state index contributed by atoms with van der Waals surface area (Å²) in [6, 6.07) is 13.5. The second-order valence-electron chi connectivity index (χ2n) is 9.95. The summed E-state index contributed by atoms with van der Waals surface area (Å²) in [7, 11) is 0. The Morgan fingerprint density at radius 3 is 2.62 bits per heavy atom. The number of para-hydroxylation sites is 1. The number of nitrogens with zero attached hydrogens (tertiary/aromatic N) is 4. The van der Waals surface area contributed by atoms with Crippen LogP contribution in [0.5, 0.6) is 0 Å². The van der Waals surface area contributed by atoms with Crippen LogP contribution in [0.4, 0.5) is 10.1 Å². The number of rotatable bonds is 6. The van der Waals surface area contributed by atoms with E-state index >= 15 is 4.39 Å². The first-order chi connectivity index (χ1) is 19.1. The van der Waals surface area contributed by atoms with Crippen LogP contribution in [0.25, 0.3) is 33.7 Å². The van der Waals surface area contributed by atoms with Gasteiger partial charge in [0.15, 0.2) is 11.5 Å². The van der Waals surface area contributed by atoms with Crippen LogP contribution in [0.3, 0.4) is 0 Å². The molecule has 0 atom stereocenters. The lowest BCUT2D eigenvalue weighted by Crippen LogP contribution is -2.24. The van der Waals surface area contributed by atoms with E-state index in [-0.39, 0.29) is 23.4 Å². The number of pyridine rings is 1. The maximum Gasteiger partial charge on any atom is 0.315 e. The number of amides is 2. The number of anilines is 1. The number of carbonyl (C=O) groups excluding carboxylic acids is 2. The van der Waals surface area contributed by atoms with Crippen LogP contribution in [-0.4, -0.2) is 36.9 Å². The van der Waals surface area contributed by atoms with Gasteiger partial charge in [0.1, 0.15) is 11.6 Å². The van der Waals surface area contributed by atoms with Crippen molar-refractivity contribution in [1.82, 2.24) is 30.4 Å². The molecule has 2 aromatic carbocycles. The van der Waals surface area contributed by atoms with Gasteiger partial charge in [-0.25, -0.2) is 14.4 Å². The molecule has 0 aliphatic heterocycles. The lowest BCUT2D eigenvalue weighted by atomic mass is 9.96. The summed E-state index contributed by atoms with van der Waals surface area (Å²) in [6.45, 7) is 5.63. The van der Waals surface area contributed by atoms with E-state index in [2.05, 4.69) is 35.7 Å². The maximum absolute atomic E-state index is 15.1. The van der Waals surface area contributed by atoms with Gasteiger partial charge in [-0.3, -0.25) is 9.59 Å². The standard InChI is InChI=1S/C29H24FN7O3/c1-5-22(38)33-21-9-7-6-8-19(21)24-34-23-18(12-13-31-25(23)35-24)16-10-11-17(20(30)14-16)15-32-26(39)27-36-28(37-40-27)29(2,3)4/h1,6-14H,15H2,2-4H3,(H,32,39)(H,33,38)(H,31,34,35). The Bertz CT molecular complexity index is 1790. The number of terminal acetylenes is 1. The van der Waals surface area contributed by atoms with Crippen LogP contribution >= 0.6 is 0 Å². The van der Waals surface area contributed by atoms with Crippen molar-refractivity contribution in [2.45, 2.75) is 32.7 Å². The van der Waals surface area contributed by atoms with E-state index in [1.54, 1.807) is 48.7 Å². The minimum atomic E-state index is -0.592. The van der Waals surface area contributed by atoms with Crippen molar-refractivity contribution in [3.05, 3.63) is 77.8 Å². The molecule has 10 nitrogen and oxygen atoms in total. The van der Waals surface area contributed by atoms with Crippen molar-refractivity contribution >= 4 is 28.7 Å². The van der Waals surface area contributed by atoms with Crippen LogP contribution < -0.4 is 10.6 Å². The van der Waals surface area contributed by atoms with Gasteiger partial charge in [-0.15, -0.1) is 6.42 Å². The van der Waals surface area contributed by atoms with Gasteiger partial charge in [-0.05, 0) is 35.7 Å². The largest absolute Gasteiger partial charge is 0.344 e. The molecule has 5 aromatic rings. The topological polar surface area (TPSA) is 139 Å². The third-order valence-electron chi connectivity index (χ3n) is 6.05. The molecule has 0 unspecified atom stereocenters. The first kappa shape index (κ1) is 26.2. The number of aromatic amines is 1. The van der Waals surface area contributed by atoms with Crippen molar-refractivity contribution in [2.75, 3.05) is 5.32 Å². The van der Waals surface area contributed by atoms with Gasteiger partial charge in [0.05, 0.1) is 11.2 Å². The zero-order valence-corrected chi connectivity index (χ0v) is 21.9. The van der Waals surface area contributed by atoms with Crippen molar-refractivity contribution in [3.63, 3.8) is 0 Å². The number of H-pyrrole nitrogens is 1. The Kier molecular flexibility index (Phi) is 6.83. The molecule has 0 saturated heterocycles. The van der Waals surface area contributed by atoms with Gasteiger partial charge in [-0.2, -0.15) is 4.98 Å². The van der Waals surface area contributed by atoms with Crippen LogP contribution in [0.1, 0.15) is 42.8 Å². The fourth-order valence-electron chi connectivity index (χ4n) is 3.97. The van der Waals surface area contributed by atoms with Crippen molar-refractivity contribution in [2.24, 2.45) is 0 Å². The number of hydrogen-bond donors (Lipinski definition) is 3. The lowest BCUT2D eigenvalue weighted by molar-refractivity contribution is -0.111. The van der Waals surface area contributed by atoms with Gasteiger partial charge in [0.25, 0.3) is 5.91 Å². The third-order valence-corrected chi connectivity index (χ3v) is 6.05. The van der Waals surface area contributed by atoms with Crippen LogP contribution in [0, 0.1) is 18.2 Å². The first-order valence-electron chi connectivity index (χ1n) is 12.3. The molecule has 3 aromatic heterocycles. The summed E-state index contributed by atoms with van der Waals surface area (Å²) in [4.78, 5) is 40.5. The summed E-state index contributed by atoms with van der Waals surface area (Å²) in [5, 5.41) is 9.10. The minimum absolute atomic E-state index is 0.0711. The average Bonchev–Trinajstić information content (AvgIpc) is 3.60. The minimum Gasteiger partial charge on any atom is -0.344 e. The molecule has 3 N–H and O–H groups in total. The molecule has 3 heterocycles. The van der Waals surface area contributed by atoms with Crippen LogP contribution in [0.2, 0.25) is 0 Å². The smallest absolute Gasteiger partial charge is 0.315 e. The summed E-state index contributed by atoms with van der Waals surface area (Å²) < 4.78 is 20.2. The molecule has 0 fully saturated rings. The number of nitrogens with one attached hydrogen (secondary N) is 3. The Labute approximate surface area is 228 Å². The first-order valence-corrected chi connectivity index (χ1v) is 12.3. The van der Waals surface area contributed by atoms with E-state index in [0.717, 1.165) is 0 Å². The van der Waals surface area contributed by atoms with Crippen molar-refractivity contribution in [1.29, 1.82) is 0 Å². The quantitative estimate of drug-likeness (QED) is 0.269. The Hall–Kier alpha value is -5.37. The van der Waals surface area contributed by atoms with Gasteiger partial charge < -0.3 is 20.1 Å². The summed E-state index contributed by atoms with van der Waals surface area (Å²) in [5.41, 5.74) is 3.25. The highest BCUT2D eigenvalue weighted by molar-refractivity contribution is 6.05. The molecule has 0 saturated carbocycles. The third kappa shape index (κ3) is 5.28. The molecule has 5 rings (SSSR count). The molecule has 11 heteroatoms. The lowest BCUT2D eigenvalue weighted by Gasteiger charge is -2.10. The average molecular weight is 538 g/mol. The number of carbonyl (C=O) groups is 2. The molecule has 0 aliphatic carbocycles. The number of hydrogen-bond acceptors (Lipinski definition) is 7. The number of benzene rings is 2. The number of fused-ring (bicyclic) bond motifs is 1. The molecule has 0 aliphatic rings. The summed E-state index contributed by atoms with van der Waals surface area (Å²) in [5.74, 6) is 1.02. The van der Waals surface area contributed by atoms with E-state index < -0.39 is 17.6 Å². The van der Waals surface area contributed by atoms with E-state index in [9.17, 15) is 9.59 Å². The molecule has 40 heavy (non-hydrogen) atoms. The highest BCUT2D eigenvalue weighted by Gasteiger charge is 2.24. The molecule has 0 bridgehead atoms. The maximum atomic E-state index is 15.1. The number of halogens is 1. The summed E-state index contributed by atoms with van der Waals surface area (Å²) in [6.07, 6.45) is 6.78. The zero-order chi connectivity index (χ0) is 28.4. The van der Waals surface area contributed by atoms with E-state index in [4.69, 9.17) is 10.9 Å². The van der Waals surface area contributed by atoms with E-state index in [0.29, 0.717) is 45.2 Å². The zero-order valence-electron chi connectivity index (χ0n) is 21.9. The molecule has 200 valence electrons. The Balaban J connectivity index is 1.38. The monoisotopic (exact) mass is 537 g/mol. The van der Waals surface area contributed by atoms with Gasteiger partial charge in [-0.1, -0.05) is 50.2 Å². The van der Waals surface area contributed by atoms with Crippen molar-refractivity contribution < 1.29 is 18.5 Å². The van der Waals surface area contributed by atoms with Crippen molar-refractivity contribution in [3.8, 4) is 34.9 Å². The molecular formula is C29H24FN7O3. The number of aromatic nitrogens is 5. The highest BCUT2D eigenvalue weighted by Crippen LogP contribution is 2.32. The predicted molar refractivity (Wildman–Crippen MR) is 146 cm³/mol. The highest BCUT2D eigenvalue weighted by atomic mass is 19.1. The van der Waals surface area contributed by atoms with E-state index in [1.165, 1.54) is 6.07 Å². The van der Waals surface area contributed by atoms with Gasteiger partial charge >= 0.3 is 11.8 Å².